The molecular weight excluding hydrogens is 227 g/mol. The molecule has 4 N–H and O–H groups in total. The van der Waals surface area contributed by atoms with Crippen LogP contribution in [0.2, 0.25) is 0 Å². The van der Waals surface area contributed by atoms with Gasteiger partial charge in [0.25, 0.3) is 0 Å². The Morgan fingerprint density at radius 1 is 0.857 bits per heavy atom. The molecular formula is C8H18Cl2N2O2. The lowest BCUT2D eigenvalue weighted by Crippen LogP contribution is -2.42. The van der Waals surface area contributed by atoms with Crippen LogP contribution in [0, 0.1) is 0 Å². The van der Waals surface area contributed by atoms with E-state index in [0.717, 1.165) is 0 Å². The molecule has 0 aliphatic carbocycles. The molecule has 0 bridgehead atoms. The first-order valence-electron chi connectivity index (χ1n) is 4.61. The van der Waals surface area contributed by atoms with E-state index in [0.29, 0.717) is 37.9 Å². The standard InChI is InChI=1S/C8H18Cl2N2O2/c9-1-3-11-5-7(13)8(14)6-12-4-2-10/h7-8,11-14H,1-6H2/t7-,8-/m0/s1. The van der Waals surface area contributed by atoms with Crippen LogP contribution < -0.4 is 10.6 Å². The normalized spacial score (nSPS) is 15.4. The highest BCUT2D eigenvalue weighted by molar-refractivity contribution is 6.18. The second kappa shape index (κ2) is 9.96. The fourth-order valence-electron chi connectivity index (χ4n) is 0.906. The second-order valence-electron chi connectivity index (χ2n) is 2.92. The number of aliphatic hydroxyl groups is 2. The van der Waals surface area contributed by atoms with Gasteiger partial charge in [-0.15, -0.1) is 23.2 Å². The highest BCUT2D eigenvalue weighted by Gasteiger charge is 2.14. The van der Waals surface area contributed by atoms with Gasteiger partial charge in [-0.25, -0.2) is 0 Å². The average Bonchev–Trinajstić information content (AvgIpc) is 2.18. The molecule has 2 atom stereocenters. The third-order valence-electron chi connectivity index (χ3n) is 1.69. The molecule has 0 rings (SSSR count). The molecule has 0 fully saturated rings. The zero-order valence-corrected chi connectivity index (χ0v) is 9.56. The van der Waals surface area contributed by atoms with Gasteiger partial charge in [-0.3, -0.25) is 0 Å². The van der Waals surface area contributed by atoms with E-state index in [1.54, 1.807) is 0 Å². The summed E-state index contributed by atoms with van der Waals surface area (Å²) < 4.78 is 0. The second-order valence-corrected chi connectivity index (χ2v) is 3.68. The summed E-state index contributed by atoms with van der Waals surface area (Å²) in [5.41, 5.74) is 0. The van der Waals surface area contributed by atoms with Gasteiger partial charge in [0.05, 0.1) is 12.2 Å². The molecule has 0 aromatic heterocycles. The quantitative estimate of drug-likeness (QED) is 0.322. The third-order valence-corrected chi connectivity index (χ3v) is 2.07. The van der Waals surface area contributed by atoms with Gasteiger partial charge in [0.1, 0.15) is 0 Å². The maximum atomic E-state index is 9.42. The number of halogens is 2. The minimum Gasteiger partial charge on any atom is -0.389 e. The third kappa shape index (κ3) is 7.79. The summed E-state index contributed by atoms with van der Waals surface area (Å²) in [6.45, 7) is 1.94. The number of nitrogens with one attached hydrogen (secondary N) is 2. The molecule has 0 heterocycles. The maximum absolute atomic E-state index is 9.42. The minimum atomic E-state index is -0.777. The van der Waals surface area contributed by atoms with Crippen molar-refractivity contribution in [1.29, 1.82) is 0 Å². The van der Waals surface area contributed by atoms with E-state index in [1.807, 2.05) is 0 Å². The van der Waals surface area contributed by atoms with Crippen LogP contribution in [0.3, 0.4) is 0 Å². The van der Waals surface area contributed by atoms with Crippen molar-refractivity contribution >= 4 is 23.2 Å². The van der Waals surface area contributed by atoms with E-state index < -0.39 is 12.2 Å². The van der Waals surface area contributed by atoms with Crippen LogP contribution in [-0.2, 0) is 0 Å². The van der Waals surface area contributed by atoms with Gasteiger partial charge in [-0.2, -0.15) is 0 Å². The zero-order chi connectivity index (χ0) is 10.8. The number of hydrogen-bond donors (Lipinski definition) is 4. The molecule has 0 aromatic rings. The van der Waals surface area contributed by atoms with Crippen LogP contribution >= 0.6 is 23.2 Å². The van der Waals surface area contributed by atoms with Gasteiger partial charge in [0.15, 0.2) is 0 Å². The summed E-state index contributed by atoms with van der Waals surface area (Å²) >= 11 is 10.9. The van der Waals surface area contributed by atoms with Crippen LogP contribution in [-0.4, -0.2) is 60.4 Å². The number of rotatable bonds is 9. The summed E-state index contributed by atoms with van der Waals surface area (Å²) in [5.74, 6) is 0.987. The largest absolute Gasteiger partial charge is 0.389 e. The molecule has 0 unspecified atom stereocenters. The molecule has 0 saturated carbocycles. The lowest BCUT2D eigenvalue weighted by Gasteiger charge is -2.18. The Bertz CT molecular complexity index is 116. The Kier molecular flexibility index (Phi) is 10.3. The summed E-state index contributed by atoms with van der Waals surface area (Å²) in [6, 6.07) is 0. The summed E-state index contributed by atoms with van der Waals surface area (Å²) in [5, 5.41) is 24.7. The van der Waals surface area contributed by atoms with Gasteiger partial charge in [-0.1, -0.05) is 0 Å². The topological polar surface area (TPSA) is 64.5 Å². The van der Waals surface area contributed by atoms with Crippen molar-refractivity contribution in [3.05, 3.63) is 0 Å². The fraction of sp³-hybridized carbons (Fsp3) is 1.00. The number of alkyl halides is 2. The lowest BCUT2D eigenvalue weighted by atomic mass is 10.2. The summed E-state index contributed by atoms with van der Waals surface area (Å²) in [7, 11) is 0. The molecule has 0 aliphatic heterocycles. The monoisotopic (exact) mass is 244 g/mol. The highest BCUT2D eigenvalue weighted by atomic mass is 35.5. The molecule has 0 aromatic carbocycles. The first-order valence-corrected chi connectivity index (χ1v) is 5.68. The maximum Gasteiger partial charge on any atom is 0.0935 e. The summed E-state index contributed by atoms with van der Waals surface area (Å²) in [4.78, 5) is 0. The van der Waals surface area contributed by atoms with E-state index >= 15 is 0 Å². The molecule has 14 heavy (non-hydrogen) atoms. The van der Waals surface area contributed by atoms with E-state index in [1.165, 1.54) is 0 Å². The first-order chi connectivity index (χ1) is 6.72. The van der Waals surface area contributed by atoms with E-state index in [-0.39, 0.29) is 0 Å². The van der Waals surface area contributed by atoms with Crippen LogP contribution in [0.4, 0.5) is 0 Å². The summed E-state index contributed by atoms with van der Waals surface area (Å²) in [6.07, 6.45) is -1.55. The van der Waals surface area contributed by atoms with Gasteiger partial charge in [0.2, 0.25) is 0 Å². The Hall–Kier alpha value is 0.420. The van der Waals surface area contributed by atoms with E-state index in [2.05, 4.69) is 10.6 Å². The van der Waals surface area contributed by atoms with Crippen molar-refractivity contribution in [1.82, 2.24) is 10.6 Å². The average molecular weight is 245 g/mol. The van der Waals surface area contributed by atoms with Crippen molar-refractivity contribution in [2.24, 2.45) is 0 Å². The molecule has 0 saturated heterocycles. The zero-order valence-electron chi connectivity index (χ0n) is 8.05. The Balaban J connectivity index is 3.39. The van der Waals surface area contributed by atoms with Crippen molar-refractivity contribution in [3.63, 3.8) is 0 Å². The Labute approximate surface area is 94.6 Å². The number of hydrogen-bond acceptors (Lipinski definition) is 4. The minimum absolute atomic E-state index is 0.344. The predicted molar refractivity (Wildman–Crippen MR) is 59.2 cm³/mol. The van der Waals surface area contributed by atoms with Gasteiger partial charge in [-0.05, 0) is 0 Å². The number of aliphatic hydroxyl groups excluding tert-OH is 2. The SMILES string of the molecule is O[C@@H](CNCCCl)[C@@H](O)CNCCCl. The molecule has 0 aliphatic rings. The van der Waals surface area contributed by atoms with Crippen LogP contribution in [0.5, 0.6) is 0 Å². The van der Waals surface area contributed by atoms with Crippen LogP contribution in [0.1, 0.15) is 0 Å². The predicted octanol–water partition coefficient (Wildman–Crippen LogP) is -0.635. The van der Waals surface area contributed by atoms with E-state index in [4.69, 9.17) is 23.2 Å². The molecule has 4 nitrogen and oxygen atoms in total. The lowest BCUT2D eigenvalue weighted by molar-refractivity contribution is 0.0216. The van der Waals surface area contributed by atoms with Gasteiger partial charge < -0.3 is 20.8 Å². The first kappa shape index (κ1) is 14.4. The van der Waals surface area contributed by atoms with Crippen molar-refractivity contribution < 1.29 is 10.2 Å². The molecule has 0 spiro atoms. The van der Waals surface area contributed by atoms with E-state index in [9.17, 15) is 10.2 Å². The smallest absolute Gasteiger partial charge is 0.0935 e. The van der Waals surface area contributed by atoms with Crippen molar-refractivity contribution in [2.45, 2.75) is 12.2 Å². The fourth-order valence-corrected chi connectivity index (χ4v) is 1.17. The van der Waals surface area contributed by atoms with Crippen molar-refractivity contribution in [3.8, 4) is 0 Å². The Morgan fingerprint density at radius 3 is 1.50 bits per heavy atom. The van der Waals surface area contributed by atoms with Crippen LogP contribution in [0.15, 0.2) is 0 Å². The molecule has 86 valence electrons. The molecule has 0 radical (unpaired) electrons. The van der Waals surface area contributed by atoms with Crippen molar-refractivity contribution in [2.75, 3.05) is 37.9 Å². The Morgan fingerprint density at radius 2 is 1.21 bits per heavy atom. The van der Waals surface area contributed by atoms with Crippen LogP contribution in [0.25, 0.3) is 0 Å². The molecule has 0 amide bonds. The molecule has 6 heteroatoms. The van der Waals surface area contributed by atoms with Gasteiger partial charge in [0, 0.05) is 37.9 Å². The van der Waals surface area contributed by atoms with Gasteiger partial charge >= 0.3 is 0 Å². The highest BCUT2D eigenvalue weighted by Crippen LogP contribution is 1.90.